The summed E-state index contributed by atoms with van der Waals surface area (Å²) < 4.78 is 27.7. The Bertz CT molecular complexity index is 533. The Morgan fingerprint density at radius 2 is 1.58 bits per heavy atom. The maximum Gasteiger partial charge on any atom is 0.240 e. The molecule has 104 valence electrons. The Kier molecular flexibility index (Phi) is 3.27. The first-order valence-corrected chi connectivity index (χ1v) is 8.38. The van der Waals surface area contributed by atoms with Crippen molar-refractivity contribution in [2.75, 3.05) is 12.4 Å². The van der Waals surface area contributed by atoms with Crippen LogP contribution in [0.5, 0.6) is 0 Å². The first-order valence-electron chi connectivity index (χ1n) is 6.90. The SMILES string of the molecule is CNc1ccc(S(=O)(=O)NC(C2CC2)C2CC2)cc1. The van der Waals surface area contributed by atoms with Crippen LogP contribution in [0.25, 0.3) is 0 Å². The number of nitrogens with one attached hydrogen (secondary N) is 2. The minimum atomic E-state index is -3.37. The number of sulfonamides is 1. The van der Waals surface area contributed by atoms with Gasteiger partial charge in [0, 0.05) is 18.8 Å². The van der Waals surface area contributed by atoms with E-state index in [1.54, 1.807) is 24.3 Å². The average molecular weight is 280 g/mol. The van der Waals surface area contributed by atoms with Gasteiger partial charge in [0.25, 0.3) is 0 Å². The van der Waals surface area contributed by atoms with Crippen LogP contribution in [0, 0.1) is 11.8 Å². The van der Waals surface area contributed by atoms with Gasteiger partial charge in [-0.1, -0.05) is 0 Å². The standard InChI is InChI=1S/C14H20N2O2S/c1-15-12-6-8-13(9-7-12)19(17,18)16-14(10-2-3-10)11-4-5-11/h6-11,14-16H,2-5H2,1H3. The highest BCUT2D eigenvalue weighted by molar-refractivity contribution is 7.89. The van der Waals surface area contributed by atoms with Crippen molar-refractivity contribution in [1.29, 1.82) is 0 Å². The van der Waals surface area contributed by atoms with Gasteiger partial charge in [-0.25, -0.2) is 13.1 Å². The Labute approximate surface area is 114 Å². The molecule has 0 unspecified atom stereocenters. The van der Waals surface area contributed by atoms with E-state index in [9.17, 15) is 8.42 Å². The molecule has 0 aromatic heterocycles. The molecule has 1 aromatic rings. The van der Waals surface area contributed by atoms with Gasteiger partial charge in [0.15, 0.2) is 0 Å². The van der Waals surface area contributed by atoms with Crippen LogP contribution in [0.15, 0.2) is 29.2 Å². The molecule has 2 saturated carbocycles. The van der Waals surface area contributed by atoms with E-state index in [1.165, 1.54) is 25.7 Å². The van der Waals surface area contributed by atoms with Crippen LogP contribution < -0.4 is 10.0 Å². The minimum absolute atomic E-state index is 0.161. The van der Waals surface area contributed by atoms with Crippen molar-refractivity contribution in [2.45, 2.75) is 36.6 Å². The second-order valence-corrected chi connectivity index (χ2v) is 7.31. The highest BCUT2D eigenvalue weighted by Gasteiger charge is 2.43. The van der Waals surface area contributed by atoms with Crippen LogP contribution in [-0.4, -0.2) is 21.5 Å². The first-order chi connectivity index (χ1) is 9.10. The van der Waals surface area contributed by atoms with Gasteiger partial charge in [0.05, 0.1) is 4.90 Å². The molecule has 0 bridgehead atoms. The molecule has 3 rings (SSSR count). The Morgan fingerprint density at radius 1 is 1.05 bits per heavy atom. The zero-order valence-electron chi connectivity index (χ0n) is 11.1. The van der Waals surface area contributed by atoms with E-state index >= 15 is 0 Å². The molecule has 19 heavy (non-hydrogen) atoms. The molecule has 0 radical (unpaired) electrons. The van der Waals surface area contributed by atoms with Gasteiger partial charge in [0.2, 0.25) is 10.0 Å². The summed E-state index contributed by atoms with van der Waals surface area (Å²) in [7, 11) is -1.55. The predicted molar refractivity (Wildman–Crippen MR) is 75.5 cm³/mol. The molecule has 0 aliphatic heterocycles. The van der Waals surface area contributed by atoms with E-state index in [-0.39, 0.29) is 6.04 Å². The van der Waals surface area contributed by atoms with Gasteiger partial charge >= 0.3 is 0 Å². The van der Waals surface area contributed by atoms with Gasteiger partial charge < -0.3 is 5.32 Å². The van der Waals surface area contributed by atoms with Crippen molar-refractivity contribution >= 4 is 15.7 Å². The van der Waals surface area contributed by atoms with Crippen molar-refractivity contribution < 1.29 is 8.42 Å². The number of hydrogen-bond acceptors (Lipinski definition) is 3. The Balaban J connectivity index is 1.76. The van der Waals surface area contributed by atoms with Crippen LogP contribution in [0.4, 0.5) is 5.69 Å². The molecule has 5 heteroatoms. The van der Waals surface area contributed by atoms with Crippen LogP contribution in [-0.2, 0) is 10.0 Å². The van der Waals surface area contributed by atoms with Crippen molar-refractivity contribution in [2.24, 2.45) is 11.8 Å². The van der Waals surface area contributed by atoms with E-state index in [2.05, 4.69) is 10.0 Å². The lowest BCUT2D eigenvalue weighted by Gasteiger charge is -2.17. The number of rotatable bonds is 6. The third-order valence-electron chi connectivity index (χ3n) is 4.00. The summed E-state index contributed by atoms with van der Waals surface area (Å²) in [5.41, 5.74) is 0.917. The fourth-order valence-electron chi connectivity index (χ4n) is 2.54. The molecule has 0 amide bonds. The number of benzene rings is 1. The number of hydrogen-bond donors (Lipinski definition) is 2. The van der Waals surface area contributed by atoms with Crippen molar-refractivity contribution in [1.82, 2.24) is 4.72 Å². The Morgan fingerprint density at radius 3 is 2.00 bits per heavy atom. The summed E-state index contributed by atoms with van der Waals surface area (Å²) in [6.45, 7) is 0. The normalized spacial score (nSPS) is 19.7. The summed E-state index contributed by atoms with van der Waals surface area (Å²) in [4.78, 5) is 0.359. The van der Waals surface area contributed by atoms with E-state index in [4.69, 9.17) is 0 Å². The van der Waals surface area contributed by atoms with Gasteiger partial charge in [-0.2, -0.15) is 0 Å². The third-order valence-corrected chi connectivity index (χ3v) is 5.48. The van der Waals surface area contributed by atoms with Gasteiger partial charge in [0.1, 0.15) is 0 Å². The molecular formula is C14H20N2O2S. The lowest BCUT2D eigenvalue weighted by atomic mass is 10.1. The van der Waals surface area contributed by atoms with Crippen molar-refractivity contribution in [3.05, 3.63) is 24.3 Å². The monoisotopic (exact) mass is 280 g/mol. The molecule has 2 aliphatic carbocycles. The molecule has 0 spiro atoms. The molecule has 0 heterocycles. The molecule has 0 saturated heterocycles. The highest BCUT2D eigenvalue weighted by atomic mass is 32.2. The lowest BCUT2D eigenvalue weighted by Crippen LogP contribution is -2.38. The minimum Gasteiger partial charge on any atom is -0.388 e. The van der Waals surface area contributed by atoms with E-state index in [1.807, 2.05) is 7.05 Å². The summed E-state index contributed by atoms with van der Waals surface area (Å²) >= 11 is 0. The zero-order chi connectivity index (χ0) is 13.5. The van der Waals surface area contributed by atoms with E-state index in [0.29, 0.717) is 16.7 Å². The van der Waals surface area contributed by atoms with Gasteiger partial charge in [-0.05, 0) is 61.8 Å². The molecular weight excluding hydrogens is 260 g/mol. The second-order valence-electron chi connectivity index (χ2n) is 5.60. The molecule has 0 atom stereocenters. The lowest BCUT2D eigenvalue weighted by molar-refractivity contribution is 0.471. The van der Waals surface area contributed by atoms with Crippen molar-refractivity contribution in [3.8, 4) is 0 Å². The maximum atomic E-state index is 12.4. The molecule has 1 aromatic carbocycles. The molecule has 4 nitrogen and oxygen atoms in total. The fraction of sp³-hybridized carbons (Fsp3) is 0.571. The first kappa shape index (κ1) is 12.9. The zero-order valence-corrected chi connectivity index (χ0v) is 11.9. The topological polar surface area (TPSA) is 58.2 Å². The highest BCUT2D eigenvalue weighted by Crippen LogP contribution is 2.45. The smallest absolute Gasteiger partial charge is 0.240 e. The molecule has 2 N–H and O–H groups in total. The quantitative estimate of drug-likeness (QED) is 0.840. The van der Waals surface area contributed by atoms with Gasteiger partial charge in [-0.15, -0.1) is 0 Å². The third kappa shape index (κ3) is 2.92. The summed E-state index contributed by atoms with van der Waals surface area (Å²) in [5.74, 6) is 1.14. The summed E-state index contributed by atoms with van der Waals surface area (Å²) in [6.07, 6.45) is 4.68. The summed E-state index contributed by atoms with van der Waals surface area (Å²) in [6, 6.07) is 7.06. The van der Waals surface area contributed by atoms with E-state index in [0.717, 1.165) is 5.69 Å². The predicted octanol–water partition coefficient (Wildman–Crippen LogP) is 2.20. The molecule has 2 fully saturated rings. The second kappa shape index (κ2) is 4.80. The van der Waals surface area contributed by atoms with Crippen LogP contribution in [0.2, 0.25) is 0 Å². The molecule has 2 aliphatic rings. The van der Waals surface area contributed by atoms with Crippen LogP contribution in [0.3, 0.4) is 0 Å². The fourth-order valence-corrected chi connectivity index (χ4v) is 3.91. The van der Waals surface area contributed by atoms with Crippen LogP contribution >= 0.6 is 0 Å². The van der Waals surface area contributed by atoms with Crippen LogP contribution in [0.1, 0.15) is 25.7 Å². The maximum absolute atomic E-state index is 12.4. The van der Waals surface area contributed by atoms with Crippen molar-refractivity contribution in [3.63, 3.8) is 0 Å². The summed E-state index contributed by atoms with van der Waals surface area (Å²) in [5, 5.41) is 2.99. The Hall–Kier alpha value is -1.07. The van der Waals surface area contributed by atoms with Gasteiger partial charge in [-0.3, -0.25) is 0 Å². The largest absolute Gasteiger partial charge is 0.388 e. The van der Waals surface area contributed by atoms with E-state index < -0.39 is 10.0 Å². The number of anilines is 1. The average Bonchev–Trinajstić information content (AvgIpc) is 3.29.